The van der Waals surface area contributed by atoms with Gasteiger partial charge in [-0.25, -0.2) is 0 Å². The van der Waals surface area contributed by atoms with Crippen LogP contribution in [-0.2, 0) is 4.74 Å². The average molecular weight is 251 g/mol. The fourth-order valence-corrected chi connectivity index (χ4v) is 1.76. The molecular weight excluding hydrogens is 230 g/mol. The molecule has 1 unspecified atom stereocenters. The maximum absolute atomic E-state index is 9.81. The van der Waals surface area contributed by atoms with Crippen LogP contribution in [0.4, 0.5) is 0 Å². The lowest BCUT2D eigenvalue weighted by molar-refractivity contribution is -0.0118. The van der Waals surface area contributed by atoms with E-state index in [-0.39, 0.29) is 0 Å². The normalized spacial score (nSPS) is 17.3. The number of aryl methyl sites for hydroxylation is 2. The molecule has 1 saturated heterocycles. The fraction of sp³-hybridized carbons (Fsp3) is 0.571. The van der Waals surface area contributed by atoms with E-state index in [1.54, 1.807) is 0 Å². The van der Waals surface area contributed by atoms with Crippen molar-refractivity contribution in [2.24, 2.45) is 0 Å². The fourth-order valence-electron chi connectivity index (χ4n) is 1.76. The Morgan fingerprint density at radius 2 is 2.22 bits per heavy atom. The summed E-state index contributed by atoms with van der Waals surface area (Å²) in [4.78, 5) is 0. The van der Waals surface area contributed by atoms with Crippen LogP contribution in [0.25, 0.3) is 0 Å². The molecule has 18 heavy (non-hydrogen) atoms. The van der Waals surface area contributed by atoms with Gasteiger partial charge in [0, 0.05) is 6.54 Å². The van der Waals surface area contributed by atoms with Gasteiger partial charge in [0.15, 0.2) is 0 Å². The first-order valence-electron chi connectivity index (χ1n) is 6.34. The Balaban J connectivity index is 1.73. The molecule has 1 fully saturated rings. The smallest absolute Gasteiger partial charge is 0.122 e. The van der Waals surface area contributed by atoms with Crippen molar-refractivity contribution < 1.29 is 14.6 Å². The number of ether oxygens (including phenoxy) is 2. The highest BCUT2D eigenvalue weighted by Gasteiger charge is 2.18. The molecule has 2 rings (SSSR count). The molecule has 0 amide bonds. The predicted molar refractivity (Wildman–Crippen MR) is 70.0 cm³/mol. The second-order valence-corrected chi connectivity index (χ2v) is 4.88. The van der Waals surface area contributed by atoms with E-state index >= 15 is 0 Å². The molecule has 1 atom stereocenters. The highest BCUT2D eigenvalue weighted by atomic mass is 16.5. The minimum Gasteiger partial charge on any atom is -0.491 e. The lowest BCUT2D eigenvalue weighted by Crippen LogP contribution is -2.49. The van der Waals surface area contributed by atoms with Crippen molar-refractivity contribution in [1.29, 1.82) is 0 Å². The summed E-state index contributed by atoms with van der Waals surface area (Å²) in [5, 5.41) is 13.0. The summed E-state index contributed by atoms with van der Waals surface area (Å²) in [6.45, 7) is 6.37. The minimum atomic E-state index is -0.495. The van der Waals surface area contributed by atoms with Crippen molar-refractivity contribution >= 4 is 0 Å². The molecule has 0 bridgehead atoms. The molecule has 0 saturated carbocycles. The van der Waals surface area contributed by atoms with Gasteiger partial charge in [-0.1, -0.05) is 12.1 Å². The predicted octanol–water partition coefficient (Wildman–Crippen LogP) is 1.03. The molecule has 100 valence electrons. The number of rotatable bonds is 6. The van der Waals surface area contributed by atoms with Crippen molar-refractivity contribution in [2.75, 3.05) is 26.4 Å². The summed E-state index contributed by atoms with van der Waals surface area (Å²) in [7, 11) is 0. The van der Waals surface area contributed by atoms with Gasteiger partial charge in [0.2, 0.25) is 0 Å². The maximum atomic E-state index is 9.81. The second-order valence-electron chi connectivity index (χ2n) is 4.88. The van der Waals surface area contributed by atoms with Gasteiger partial charge < -0.3 is 19.9 Å². The summed E-state index contributed by atoms with van der Waals surface area (Å²) in [6.07, 6.45) is -0.495. The van der Waals surface area contributed by atoms with E-state index in [9.17, 15) is 5.11 Å². The lowest BCUT2D eigenvalue weighted by atomic mass is 10.1. The van der Waals surface area contributed by atoms with Crippen molar-refractivity contribution in [3.63, 3.8) is 0 Å². The zero-order valence-corrected chi connectivity index (χ0v) is 11.0. The minimum absolute atomic E-state index is 0.310. The Kier molecular flexibility index (Phi) is 4.58. The average Bonchev–Trinajstić information content (AvgIpc) is 2.28. The van der Waals surface area contributed by atoms with Gasteiger partial charge in [0.1, 0.15) is 18.5 Å². The van der Waals surface area contributed by atoms with Crippen molar-refractivity contribution in [3.05, 3.63) is 29.3 Å². The zero-order valence-electron chi connectivity index (χ0n) is 11.0. The third-order valence-electron chi connectivity index (χ3n) is 3.06. The number of hydrogen-bond donors (Lipinski definition) is 2. The van der Waals surface area contributed by atoms with Crippen molar-refractivity contribution in [2.45, 2.75) is 26.0 Å². The zero-order chi connectivity index (χ0) is 13.0. The molecule has 1 heterocycles. The highest BCUT2D eigenvalue weighted by molar-refractivity contribution is 5.35. The first kappa shape index (κ1) is 13.3. The molecule has 0 radical (unpaired) electrons. The Hall–Kier alpha value is -1.10. The molecule has 1 aliphatic rings. The highest BCUT2D eigenvalue weighted by Crippen LogP contribution is 2.19. The largest absolute Gasteiger partial charge is 0.491 e. The van der Waals surface area contributed by atoms with Crippen LogP contribution in [0.2, 0.25) is 0 Å². The van der Waals surface area contributed by atoms with Crippen molar-refractivity contribution in [3.8, 4) is 5.75 Å². The van der Waals surface area contributed by atoms with Crippen LogP contribution >= 0.6 is 0 Å². The van der Waals surface area contributed by atoms with E-state index in [2.05, 4.69) is 11.4 Å². The van der Waals surface area contributed by atoms with Crippen LogP contribution in [0, 0.1) is 13.8 Å². The molecule has 0 aliphatic carbocycles. The molecule has 4 heteroatoms. The topological polar surface area (TPSA) is 50.7 Å². The molecule has 4 nitrogen and oxygen atoms in total. The summed E-state index contributed by atoms with van der Waals surface area (Å²) in [5.74, 6) is 0.848. The Morgan fingerprint density at radius 1 is 1.44 bits per heavy atom. The maximum Gasteiger partial charge on any atom is 0.122 e. The molecule has 1 aromatic rings. The second kappa shape index (κ2) is 6.18. The summed E-state index contributed by atoms with van der Waals surface area (Å²) in [6, 6.07) is 6.47. The van der Waals surface area contributed by atoms with E-state index in [0.717, 1.165) is 30.1 Å². The summed E-state index contributed by atoms with van der Waals surface area (Å²) >= 11 is 0. The third kappa shape index (κ3) is 3.70. The number of aliphatic hydroxyl groups is 1. The number of hydrogen-bond acceptors (Lipinski definition) is 4. The standard InChI is InChI=1S/C14H21NO3/c1-10-3-4-11(2)14(5-10)18-9-13(16)6-15-12-7-17-8-12/h3-5,12-13,15-16H,6-9H2,1-2H3. The number of aliphatic hydroxyl groups excluding tert-OH is 1. The first-order valence-corrected chi connectivity index (χ1v) is 6.34. The molecular formula is C14H21NO3. The van der Waals surface area contributed by atoms with Crippen molar-refractivity contribution in [1.82, 2.24) is 5.32 Å². The van der Waals surface area contributed by atoms with Crippen LogP contribution < -0.4 is 10.1 Å². The van der Waals surface area contributed by atoms with Gasteiger partial charge in [-0.2, -0.15) is 0 Å². The Bertz CT molecular complexity index is 391. The van der Waals surface area contributed by atoms with Crippen LogP contribution in [0.15, 0.2) is 18.2 Å². The lowest BCUT2D eigenvalue weighted by Gasteiger charge is -2.28. The van der Waals surface area contributed by atoms with E-state index < -0.39 is 6.10 Å². The van der Waals surface area contributed by atoms with E-state index in [1.807, 2.05) is 26.0 Å². The van der Waals surface area contributed by atoms with Crippen LogP contribution in [0.5, 0.6) is 5.75 Å². The molecule has 0 aromatic heterocycles. The van der Waals surface area contributed by atoms with E-state index in [0.29, 0.717) is 19.2 Å². The van der Waals surface area contributed by atoms with E-state index in [4.69, 9.17) is 9.47 Å². The van der Waals surface area contributed by atoms with Gasteiger partial charge in [-0.05, 0) is 31.0 Å². The molecule has 2 N–H and O–H groups in total. The summed E-state index contributed by atoms with van der Waals surface area (Å²) < 4.78 is 10.7. The van der Waals surface area contributed by atoms with Gasteiger partial charge in [-0.15, -0.1) is 0 Å². The van der Waals surface area contributed by atoms with Crippen LogP contribution in [0.1, 0.15) is 11.1 Å². The van der Waals surface area contributed by atoms with Gasteiger partial charge in [-0.3, -0.25) is 0 Å². The van der Waals surface area contributed by atoms with Crippen LogP contribution in [0.3, 0.4) is 0 Å². The molecule has 1 aromatic carbocycles. The summed E-state index contributed by atoms with van der Waals surface area (Å²) in [5.41, 5.74) is 2.25. The van der Waals surface area contributed by atoms with Gasteiger partial charge >= 0.3 is 0 Å². The van der Waals surface area contributed by atoms with Gasteiger partial charge in [0.05, 0.1) is 19.3 Å². The Labute approximate surface area is 108 Å². The van der Waals surface area contributed by atoms with E-state index in [1.165, 1.54) is 0 Å². The SMILES string of the molecule is Cc1ccc(C)c(OCC(O)CNC2COC2)c1. The van der Waals surface area contributed by atoms with Gasteiger partial charge in [0.25, 0.3) is 0 Å². The number of benzene rings is 1. The quantitative estimate of drug-likeness (QED) is 0.793. The molecule has 1 aliphatic heterocycles. The van der Waals surface area contributed by atoms with Crippen LogP contribution in [-0.4, -0.2) is 43.6 Å². The third-order valence-corrected chi connectivity index (χ3v) is 3.06. The first-order chi connectivity index (χ1) is 8.65. The monoisotopic (exact) mass is 251 g/mol. The Morgan fingerprint density at radius 3 is 2.89 bits per heavy atom. The molecule has 0 spiro atoms. The number of nitrogens with one attached hydrogen (secondary N) is 1.